The highest BCUT2D eigenvalue weighted by Gasteiger charge is 2.31. The quantitative estimate of drug-likeness (QED) is 0.506. The number of hydrogen-bond donors (Lipinski definition) is 1. The smallest absolute Gasteiger partial charge is 0.266 e. The first-order valence-corrected chi connectivity index (χ1v) is 11.2. The van der Waals surface area contributed by atoms with Crippen LogP contribution in [0.2, 0.25) is 0 Å². The second kappa shape index (κ2) is 9.11. The van der Waals surface area contributed by atoms with E-state index < -0.39 is 0 Å². The molecule has 1 N–H and O–H groups in total. The molecular weight excluding hydrogens is 432 g/mol. The predicted octanol–water partition coefficient (Wildman–Crippen LogP) is 4.65. The molecule has 2 heterocycles. The molecule has 0 atom stereocenters. The molecule has 2 aromatic carbocycles. The number of fused-ring (bicyclic) bond motifs is 1. The zero-order chi connectivity index (χ0) is 22.0. The van der Waals surface area contributed by atoms with E-state index in [2.05, 4.69) is 5.32 Å². The molecule has 1 saturated heterocycles. The van der Waals surface area contributed by atoms with Gasteiger partial charge in [0, 0.05) is 18.7 Å². The Balaban J connectivity index is 1.33. The van der Waals surface area contributed by atoms with Crippen molar-refractivity contribution in [3.05, 3.63) is 58.0 Å². The number of thiocarbonyl (C=S) groups is 1. The molecule has 160 valence electrons. The van der Waals surface area contributed by atoms with Crippen molar-refractivity contribution in [3.8, 4) is 11.5 Å². The van der Waals surface area contributed by atoms with E-state index in [1.165, 1.54) is 11.8 Å². The maximum absolute atomic E-state index is 12.8. The van der Waals surface area contributed by atoms with Crippen LogP contribution in [0.1, 0.15) is 29.5 Å². The van der Waals surface area contributed by atoms with Gasteiger partial charge in [-0.3, -0.25) is 14.5 Å². The Morgan fingerprint density at radius 1 is 1.23 bits per heavy atom. The molecule has 2 aliphatic rings. The van der Waals surface area contributed by atoms with Crippen molar-refractivity contribution in [2.45, 2.75) is 26.7 Å². The SMILES string of the molecule is Cc1cccc(NC(=O)CCCN2C(=O)C(=Cc3ccc4c(c3)OCO4)SC2=S)c1C. The van der Waals surface area contributed by atoms with E-state index in [-0.39, 0.29) is 18.6 Å². The van der Waals surface area contributed by atoms with Crippen LogP contribution in [0.5, 0.6) is 11.5 Å². The van der Waals surface area contributed by atoms with Crippen LogP contribution in [0, 0.1) is 13.8 Å². The van der Waals surface area contributed by atoms with Crippen LogP contribution in [0.3, 0.4) is 0 Å². The highest BCUT2D eigenvalue weighted by atomic mass is 32.2. The Labute approximate surface area is 190 Å². The summed E-state index contributed by atoms with van der Waals surface area (Å²) < 4.78 is 11.2. The average molecular weight is 455 g/mol. The minimum absolute atomic E-state index is 0.0740. The second-order valence-corrected chi connectivity index (χ2v) is 9.02. The Hall–Kier alpha value is -2.84. The molecule has 4 rings (SSSR count). The van der Waals surface area contributed by atoms with Gasteiger partial charge < -0.3 is 14.8 Å². The number of benzene rings is 2. The molecule has 2 aromatic rings. The van der Waals surface area contributed by atoms with Crippen molar-refractivity contribution in [2.75, 3.05) is 18.7 Å². The summed E-state index contributed by atoms with van der Waals surface area (Å²) in [6.07, 6.45) is 2.64. The van der Waals surface area contributed by atoms with Gasteiger partial charge in [0.2, 0.25) is 12.7 Å². The van der Waals surface area contributed by atoms with Crippen molar-refractivity contribution in [1.29, 1.82) is 0 Å². The van der Waals surface area contributed by atoms with Crippen molar-refractivity contribution in [1.82, 2.24) is 4.90 Å². The molecule has 0 saturated carbocycles. The van der Waals surface area contributed by atoms with Gasteiger partial charge in [0.25, 0.3) is 5.91 Å². The van der Waals surface area contributed by atoms with Crippen LogP contribution < -0.4 is 14.8 Å². The lowest BCUT2D eigenvalue weighted by molar-refractivity contribution is -0.122. The first kappa shape index (κ1) is 21.4. The molecule has 6 nitrogen and oxygen atoms in total. The lowest BCUT2D eigenvalue weighted by Gasteiger charge is -2.14. The largest absolute Gasteiger partial charge is 0.454 e. The average Bonchev–Trinajstić information content (AvgIpc) is 3.31. The van der Waals surface area contributed by atoms with E-state index in [0.717, 1.165) is 22.4 Å². The van der Waals surface area contributed by atoms with Gasteiger partial charge in [-0.25, -0.2) is 0 Å². The van der Waals surface area contributed by atoms with Gasteiger partial charge >= 0.3 is 0 Å². The number of ether oxygens (including phenoxy) is 2. The number of anilines is 1. The van der Waals surface area contributed by atoms with Gasteiger partial charge in [0.1, 0.15) is 4.32 Å². The Bertz CT molecular complexity index is 1100. The molecule has 0 unspecified atom stereocenters. The predicted molar refractivity (Wildman–Crippen MR) is 126 cm³/mol. The molecule has 0 spiro atoms. The summed E-state index contributed by atoms with van der Waals surface area (Å²) in [5.41, 5.74) is 3.85. The summed E-state index contributed by atoms with van der Waals surface area (Å²) in [6, 6.07) is 11.4. The second-order valence-electron chi connectivity index (χ2n) is 7.35. The number of rotatable bonds is 6. The van der Waals surface area contributed by atoms with Gasteiger partial charge in [0.05, 0.1) is 4.91 Å². The number of hydrogen-bond acceptors (Lipinski definition) is 6. The van der Waals surface area contributed by atoms with E-state index in [9.17, 15) is 9.59 Å². The van der Waals surface area contributed by atoms with Crippen LogP contribution in [0.4, 0.5) is 5.69 Å². The number of amides is 2. The van der Waals surface area contributed by atoms with Crippen LogP contribution in [-0.4, -0.2) is 34.4 Å². The minimum Gasteiger partial charge on any atom is -0.454 e. The first-order valence-electron chi connectivity index (χ1n) is 9.93. The van der Waals surface area contributed by atoms with E-state index in [0.29, 0.717) is 40.1 Å². The van der Waals surface area contributed by atoms with Crippen LogP contribution >= 0.6 is 24.0 Å². The third-order valence-electron chi connectivity index (χ3n) is 5.23. The fourth-order valence-electron chi connectivity index (χ4n) is 3.34. The minimum atomic E-state index is -0.136. The molecule has 2 amide bonds. The van der Waals surface area contributed by atoms with Crippen molar-refractivity contribution >= 4 is 51.9 Å². The first-order chi connectivity index (χ1) is 14.9. The number of aryl methyl sites for hydroxylation is 1. The number of nitrogens with zero attached hydrogens (tertiary/aromatic N) is 1. The number of carbonyl (C=O) groups excluding carboxylic acids is 2. The van der Waals surface area contributed by atoms with Gasteiger partial charge in [-0.1, -0.05) is 42.2 Å². The molecule has 0 radical (unpaired) electrons. The third kappa shape index (κ3) is 4.75. The van der Waals surface area contributed by atoms with Crippen LogP contribution in [-0.2, 0) is 9.59 Å². The van der Waals surface area contributed by atoms with E-state index in [1.807, 2.05) is 50.2 Å². The Morgan fingerprint density at radius 3 is 2.87 bits per heavy atom. The summed E-state index contributed by atoms with van der Waals surface area (Å²) in [7, 11) is 0. The molecule has 0 aromatic heterocycles. The fourth-order valence-corrected chi connectivity index (χ4v) is 4.65. The normalized spacial score (nSPS) is 16.3. The number of nitrogens with one attached hydrogen (secondary N) is 1. The molecule has 8 heteroatoms. The Kier molecular flexibility index (Phi) is 6.29. The lowest BCUT2D eigenvalue weighted by atomic mass is 10.1. The third-order valence-corrected chi connectivity index (χ3v) is 6.61. The Morgan fingerprint density at radius 2 is 2.03 bits per heavy atom. The fraction of sp³-hybridized carbons (Fsp3) is 0.261. The zero-order valence-electron chi connectivity index (χ0n) is 17.3. The highest BCUT2D eigenvalue weighted by molar-refractivity contribution is 8.26. The van der Waals surface area contributed by atoms with Crippen molar-refractivity contribution in [2.24, 2.45) is 0 Å². The van der Waals surface area contributed by atoms with Gasteiger partial charge in [0.15, 0.2) is 11.5 Å². The molecular formula is C23H22N2O4S2. The zero-order valence-corrected chi connectivity index (χ0v) is 18.9. The molecule has 31 heavy (non-hydrogen) atoms. The monoisotopic (exact) mass is 454 g/mol. The topological polar surface area (TPSA) is 67.9 Å². The summed E-state index contributed by atoms with van der Waals surface area (Å²) in [4.78, 5) is 27.2. The highest BCUT2D eigenvalue weighted by Crippen LogP contribution is 2.36. The van der Waals surface area contributed by atoms with Crippen molar-refractivity contribution in [3.63, 3.8) is 0 Å². The maximum atomic E-state index is 12.8. The summed E-state index contributed by atoms with van der Waals surface area (Å²) in [6.45, 7) is 4.61. The summed E-state index contributed by atoms with van der Waals surface area (Å²) in [5, 5.41) is 2.95. The standard InChI is InChI=1S/C23H22N2O4S2/c1-14-5-3-6-17(15(14)2)24-21(26)7-4-10-25-22(27)20(31-23(25)30)12-16-8-9-18-19(11-16)29-13-28-18/h3,5-6,8-9,11-12H,4,7,10,13H2,1-2H3,(H,24,26). The van der Waals surface area contributed by atoms with Gasteiger partial charge in [-0.05, 0) is 61.2 Å². The van der Waals surface area contributed by atoms with Gasteiger partial charge in [-0.15, -0.1) is 0 Å². The number of thioether (sulfide) groups is 1. The molecule has 1 fully saturated rings. The van der Waals surface area contributed by atoms with E-state index in [4.69, 9.17) is 21.7 Å². The van der Waals surface area contributed by atoms with Crippen molar-refractivity contribution < 1.29 is 19.1 Å². The summed E-state index contributed by atoms with van der Waals surface area (Å²) in [5.74, 6) is 1.15. The van der Waals surface area contributed by atoms with Crippen LogP contribution in [0.25, 0.3) is 6.08 Å². The maximum Gasteiger partial charge on any atom is 0.266 e. The number of carbonyl (C=O) groups is 2. The van der Waals surface area contributed by atoms with Crippen LogP contribution in [0.15, 0.2) is 41.3 Å². The van der Waals surface area contributed by atoms with E-state index >= 15 is 0 Å². The lowest BCUT2D eigenvalue weighted by Crippen LogP contribution is -2.29. The molecule has 0 bridgehead atoms. The van der Waals surface area contributed by atoms with E-state index in [1.54, 1.807) is 11.0 Å². The molecule has 2 aliphatic heterocycles. The van der Waals surface area contributed by atoms with Gasteiger partial charge in [-0.2, -0.15) is 0 Å². The summed E-state index contributed by atoms with van der Waals surface area (Å²) >= 11 is 6.66. The molecule has 0 aliphatic carbocycles.